The number of hydrogen-bond acceptors (Lipinski definition) is 2. The molecule has 0 spiro atoms. The Morgan fingerprint density at radius 1 is 1.40 bits per heavy atom. The zero-order valence-electron chi connectivity index (χ0n) is 8.45. The zero-order valence-corrected chi connectivity index (χ0v) is 10.0. The first kappa shape index (κ1) is 10.9. The van der Waals surface area contributed by atoms with Crippen molar-refractivity contribution >= 4 is 29.1 Å². The Hall–Kier alpha value is -0.600. The first-order valence-corrected chi connectivity index (χ1v) is 6.40. The van der Waals surface area contributed by atoms with E-state index in [0.717, 1.165) is 15.6 Å². The Morgan fingerprint density at radius 3 is 2.93 bits per heavy atom. The number of hydrogen-bond donors (Lipinski definition) is 1. The van der Waals surface area contributed by atoms with Crippen LogP contribution in [0.4, 0.5) is 5.69 Å². The Kier molecular flexibility index (Phi) is 3.60. The summed E-state index contributed by atoms with van der Waals surface area (Å²) in [5.74, 6) is 0. The highest BCUT2D eigenvalue weighted by Gasteiger charge is 2.13. The average molecular weight is 240 g/mol. The molecule has 2 rings (SSSR count). The lowest BCUT2D eigenvalue weighted by Gasteiger charge is -2.17. The number of benzene rings is 1. The number of anilines is 1. The standard InChI is InChI=1S/C12H14ClNS/c13-10-7-4-8-11(14)12(10)15-9-5-2-1-3-6-9/h2,4-5,7-9H,1,3,6,14H2. The van der Waals surface area contributed by atoms with Crippen molar-refractivity contribution < 1.29 is 0 Å². The largest absolute Gasteiger partial charge is 0.398 e. The first-order valence-electron chi connectivity index (χ1n) is 5.14. The molecule has 2 N–H and O–H groups in total. The van der Waals surface area contributed by atoms with Crippen LogP contribution >= 0.6 is 23.4 Å². The van der Waals surface area contributed by atoms with Gasteiger partial charge in [-0.05, 0) is 31.4 Å². The molecule has 0 radical (unpaired) electrons. The number of nitrogen functional groups attached to an aromatic ring is 1. The van der Waals surface area contributed by atoms with E-state index >= 15 is 0 Å². The van der Waals surface area contributed by atoms with Crippen LogP contribution in [0.15, 0.2) is 35.2 Å². The van der Waals surface area contributed by atoms with Crippen LogP contribution < -0.4 is 5.73 Å². The second-order valence-electron chi connectivity index (χ2n) is 3.67. The molecule has 1 atom stereocenters. The van der Waals surface area contributed by atoms with Crippen molar-refractivity contribution in [1.29, 1.82) is 0 Å². The zero-order chi connectivity index (χ0) is 10.7. The Morgan fingerprint density at radius 2 is 2.27 bits per heavy atom. The summed E-state index contributed by atoms with van der Waals surface area (Å²) in [5.41, 5.74) is 6.69. The molecule has 0 saturated carbocycles. The number of thioether (sulfide) groups is 1. The van der Waals surface area contributed by atoms with Crippen molar-refractivity contribution in [3.63, 3.8) is 0 Å². The first-order chi connectivity index (χ1) is 7.27. The number of allylic oxidation sites excluding steroid dienone is 1. The molecule has 1 nitrogen and oxygen atoms in total. The van der Waals surface area contributed by atoms with Crippen molar-refractivity contribution in [3.05, 3.63) is 35.4 Å². The lowest BCUT2D eigenvalue weighted by atomic mass is 10.1. The number of halogens is 1. The monoisotopic (exact) mass is 239 g/mol. The van der Waals surface area contributed by atoms with Gasteiger partial charge in [-0.25, -0.2) is 0 Å². The van der Waals surface area contributed by atoms with Crippen LogP contribution in [0, 0.1) is 0 Å². The second kappa shape index (κ2) is 4.95. The smallest absolute Gasteiger partial charge is 0.0562 e. The van der Waals surface area contributed by atoms with Gasteiger partial charge < -0.3 is 5.73 Å². The maximum absolute atomic E-state index is 6.12. The van der Waals surface area contributed by atoms with Gasteiger partial charge in [0.2, 0.25) is 0 Å². The fraction of sp³-hybridized carbons (Fsp3) is 0.333. The third kappa shape index (κ3) is 2.70. The fourth-order valence-electron chi connectivity index (χ4n) is 1.68. The van der Waals surface area contributed by atoms with E-state index in [-0.39, 0.29) is 0 Å². The SMILES string of the molecule is Nc1cccc(Cl)c1SC1C=CCCC1. The van der Waals surface area contributed by atoms with Gasteiger partial charge in [0.1, 0.15) is 0 Å². The molecule has 15 heavy (non-hydrogen) atoms. The van der Waals surface area contributed by atoms with Crippen molar-refractivity contribution in [1.82, 2.24) is 0 Å². The van der Waals surface area contributed by atoms with E-state index in [1.54, 1.807) is 11.8 Å². The number of nitrogens with two attached hydrogens (primary N) is 1. The maximum atomic E-state index is 6.12. The molecule has 0 amide bonds. The van der Waals surface area contributed by atoms with E-state index in [9.17, 15) is 0 Å². The van der Waals surface area contributed by atoms with Crippen LogP contribution in [-0.4, -0.2) is 5.25 Å². The lowest BCUT2D eigenvalue weighted by molar-refractivity contribution is 0.741. The molecule has 3 heteroatoms. The molecule has 80 valence electrons. The quantitative estimate of drug-likeness (QED) is 0.621. The molecule has 0 heterocycles. The molecule has 0 bridgehead atoms. The molecule has 0 saturated heterocycles. The summed E-state index contributed by atoms with van der Waals surface area (Å²) < 4.78 is 0. The Bertz CT molecular complexity index is 356. The molecule has 1 aromatic carbocycles. The Labute approximate surface area is 99.7 Å². The van der Waals surface area contributed by atoms with Crippen LogP contribution in [0.5, 0.6) is 0 Å². The van der Waals surface area contributed by atoms with Crippen molar-refractivity contribution in [3.8, 4) is 0 Å². The molecule has 0 aromatic heterocycles. The molecule has 0 fully saturated rings. The topological polar surface area (TPSA) is 26.0 Å². The van der Waals surface area contributed by atoms with Gasteiger partial charge in [-0.2, -0.15) is 0 Å². The van der Waals surface area contributed by atoms with Crippen LogP contribution in [0.25, 0.3) is 0 Å². The summed E-state index contributed by atoms with van der Waals surface area (Å²) in [6.45, 7) is 0. The van der Waals surface area contributed by atoms with E-state index in [1.165, 1.54) is 19.3 Å². The molecular formula is C12H14ClNS. The Balaban J connectivity index is 2.16. The predicted octanol–water partition coefficient (Wildman–Crippen LogP) is 4.12. The van der Waals surface area contributed by atoms with Crippen LogP contribution in [0.1, 0.15) is 19.3 Å². The molecule has 0 aliphatic heterocycles. The van der Waals surface area contributed by atoms with Gasteiger partial charge in [0.05, 0.1) is 5.02 Å². The van der Waals surface area contributed by atoms with E-state index in [4.69, 9.17) is 17.3 Å². The summed E-state index contributed by atoms with van der Waals surface area (Å²) in [7, 11) is 0. The minimum Gasteiger partial charge on any atom is -0.398 e. The van der Waals surface area contributed by atoms with Gasteiger partial charge in [0.25, 0.3) is 0 Å². The van der Waals surface area contributed by atoms with Gasteiger partial charge in [-0.1, -0.05) is 29.8 Å². The van der Waals surface area contributed by atoms with Crippen molar-refractivity contribution in [2.24, 2.45) is 0 Å². The molecule has 1 unspecified atom stereocenters. The van der Waals surface area contributed by atoms with Crippen molar-refractivity contribution in [2.75, 3.05) is 5.73 Å². The van der Waals surface area contributed by atoms with Gasteiger partial charge in [-0.15, -0.1) is 11.8 Å². The molecular weight excluding hydrogens is 226 g/mol. The third-order valence-corrected chi connectivity index (χ3v) is 4.29. The third-order valence-electron chi connectivity index (χ3n) is 2.48. The average Bonchev–Trinajstić information content (AvgIpc) is 2.25. The van der Waals surface area contributed by atoms with Gasteiger partial charge in [0, 0.05) is 15.8 Å². The van der Waals surface area contributed by atoms with Crippen molar-refractivity contribution in [2.45, 2.75) is 29.4 Å². The summed E-state index contributed by atoms with van der Waals surface area (Å²) in [5, 5.41) is 1.29. The molecule has 1 aliphatic rings. The highest BCUT2D eigenvalue weighted by Crippen LogP contribution is 2.38. The maximum Gasteiger partial charge on any atom is 0.0562 e. The van der Waals surface area contributed by atoms with Gasteiger partial charge in [-0.3, -0.25) is 0 Å². The second-order valence-corrected chi connectivity index (χ2v) is 5.33. The van der Waals surface area contributed by atoms with E-state index in [0.29, 0.717) is 5.25 Å². The molecule has 1 aliphatic carbocycles. The highest BCUT2D eigenvalue weighted by molar-refractivity contribution is 8.00. The summed E-state index contributed by atoms with van der Waals surface area (Å²) >= 11 is 7.90. The van der Waals surface area contributed by atoms with E-state index in [1.807, 2.05) is 18.2 Å². The normalized spacial score (nSPS) is 20.5. The predicted molar refractivity (Wildman–Crippen MR) is 68.5 cm³/mol. The summed E-state index contributed by atoms with van der Waals surface area (Å²) in [6, 6.07) is 5.69. The number of rotatable bonds is 2. The van der Waals surface area contributed by atoms with Crippen LogP contribution in [-0.2, 0) is 0 Å². The summed E-state index contributed by atoms with van der Waals surface area (Å²) in [4.78, 5) is 1.02. The fourth-order valence-corrected chi connectivity index (χ4v) is 3.16. The van der Waals surface area contributed by atoms with E-state index < -0.39 is 0 Å². The van der Waals surface area contributed by atoms with Crippen LogP contribution in [0.3, 0.4) is 0 Å². The van der Waals surface area contributed by atoms with E-state index in [2.05, 4.69) is 12.2 Å². The molecule has 1 aromatic rings. The minimum absolute atomic E-state index is 0.529. The summed E-state index contributed by atoms with van der Waals surface area (Å²) in [6.07, 6.45) is 8.19. The minimum atomic E-state index is 0.529. The van der Waals surface area contributed by atoms with Crippen LogP contribution in [0.2, 0.25) is 5.02 Å². The lowest BCUT2D eigenvalue weighted by Crippen LogP contribution is -2.03. The highest BCUT2D eigenvalue weighted by atomic mass is 35.5. The van der Waals surface area contributed by atoms with Gasteiger partial charge in [0.15, 0.2) is 0 Å². The van der Waals surface area contributed by atoms with Gasteiger partial charge >= 0.3 is 0 Å².